The molecule has 4 unspecified atom stereocenters. The van der Waals surface area contributed by atoms with E-state index in [4.69, 9.17) is 11.6 Å². The summed E-state index contributed by atoms with van der Waals surface area (Å²) in [6, 6.07) is 0.352. The van der Waals surface area contributed by atoms with Crippen LogP contribution in [0.4, 0.5) is 0 Å². The van der Waals surface area contributed by atoms with E-state index < -0.39 is 0 Å². The number of thiazole rings is 1. The summed E-state index contributed by atoms with van der Waals surface area (Å²) < 4.78 is 0. The van der Waals surface area contributed by atoms with Gasteiger partial charge in [-0.05, 0) is 25.7 Å². The SMILES string of the molecule is CC(c1nc(CCl)cs1)N1CC2CCC(O)C2C1. The van der Waals surface area contributed by atoms with Gasteiger partial charge in [0.05, 0.1) is 23.7 Å². The molecule has 18 heavy (non-hydrogen) atoms. The van der Waals surface area contributed by atoms with E-state index in [9.17, 15) is 5.11 Å². The van der Waals surface area contributed by atoms with Gasteiger partial charge in [0, 0.05) is 24.4 Å². The van der Waals surface area contributed by atoms with Gasteiger partial charge in [0.2, 0.25) is 0 Å². The molecule has 1 saturated carbocycles. The zero-order valence-corrected chi connectivity index (χ0v) is 12.1. The molecule has 3 rings (SSSR count). The number of nitrogens with zero attached hydrogens (tertiary/aromatic N) is 2. The van der Waals surface area contributed by atoms with Gasteiger partial charge in [-0.1, -0.05) is 0 Å². The summed E-state index contributed by atoms with van der Waals surface area (Å²) in [7, 11) is 0. The first kappa shape index (κ1) is 12.9. The second kappa shape index (κ2) is 5.08. The average molecular weight is 287 g/mol. The van der Waals surface area contributed by atoms with E-state index in [2.05, 4.69) is 16.8 Å². The van der Waals surface area contributed by atoms with Gasteiger partial charge in [-0.3, -0.25) is 4.90 Å². The second-order valence-corrected chi connectivity index (χ2v) is 6.67. The second-order valence-electron chi connectivity index (χ2n) is 5.51. The minimum absolute atomic E-state index is 0.0816. The molecule has 1 aliphatic heterocycles. The fourth-order valence-corrected chi connectivity index (χ4v) is 4.46. The van der Waals surface area contributed by atoms with E-state index in [0.717, 1.165) is 30.2 Å². The lowest BCUT2D eigenvalue weighted by atomic mass is 10.00. The Kier molecular flexibility index (Phi) is 3.63. The summed E-state index contributed by atoms with van der Waals surface area (Å²) >= 11 is 7.50. The predicted octanol–water partition coefficient (Wildman–Crippen LogP) is 2.65. The third-order valence-corrected chi connectivity index (χ3v) is 5.80. The fourth-order valence-electron chi connectivity index (χ4n) is 3.32. The van der Waals surface area contributed by atoms with Crippen LogP contribution in [0.3, 0.4) is 0 Å². The lowest BCUT2D eigenvalue weighted by Gasteiger charge is -2.23. The molecule has 100 valence electrons. The van der Waals surface area contributed by atoms with Crippen LogP contribution < -0.4 is 0 Å². The predicted molar refractivity (Wildman–Crippen MR) is 73.9 cm³/mol. The highest BCUT2D eigenvalue weighted by molar-refractivity contribution is 7.09. The highest BCUT2D eigenvalue weighted by Gasteiger charge is 2.43. The van der Waals surface area contributed by atoms with Crippen LogP contribution in [0, 0.1) is 11.8 Å². The summed E-state index contributed by atoms with van der Waals surface area (Å²) in [6.45, 7) is 4.34. The highest BCUT2D eigenvalue weighted by atomic mass is 35.5. The van der Waals surface area contributed by atoms with E-state index in [1.807, 2.05) is 5.38 Å². The minimum Gasteiger partial charge on any atom is -0.393 e. The largest absolute Gasteiger partial charge is 0.393 e. The zero-order valence-electron chi connectivity index (χ0n) is 10.6. The van der Waals surface area contributed by atoms with Crippen LogP contribution >= 0.6 is 22.9 Å². The van der Waals surface area contributed by atoms with Crippen molar-refractivity contribution >= 4 is 22.9 Å². The van der Waals surface area contributed by atoms with Gasteiger partial charge >= 0.3 is 0 Å². The van der Waals surface area contributed by atoms with E-state index >= 15 is 0 Å². The third-order valence-electron chi connectivity index (χ3n) is 4.46. The number of fused-ring (bicyclic) bond motifs is 1. The van der Waals surface area contributed by atoms with Crippen molar-refractivity contribution in [1.29, 1.82) is 0 Å². The van der Waals surface area contributed by atoms with E-state index in [1.54, 1.807) is 11.3 Å². The molecule has 0 amide bonds. The molecule has 0 aromatic carbocycles. The molecule has 2 fully saturated rings. The van der Waals surface area contributed by atoms with Gasteiger partial charge in [0.15, 0.2) is 0 Å². The fraction of sp³-hybridized carbons (Fsp3) is 0.769. The lowest BCUT2D eigenvalue weighted by Crippen LogP contribution is -2.27. The number of aromatic nitrogens is 1. The van der Waals surface area contributed by atoms with Crippen LogP contribution in [-0.2, 0) is 5.88 Å². The van der Waals surface area contributed by atoms with Crippen LogP contribution in [0.5, 0.6) is 0 Å². The van der Waals surface area contributed by atoms with Crippen molar-refractivity contribution in [1.82, 2.24) is 9.88 Å². The monoisotopic (exact) mass is 286 g/mol. The van der Waals surface area contributed by atoms with Crippen molar-refractivity contribution in [3.63, 3.8) is 0 Å². The summed E-state index contributed by atoms with van der Waals surface area (Å²) in [5, 5.41) is 13.2. The highest BCUT2D eigenvalue weighted by Crippen LogP contribution is 2.41. The molecular formula is C13H19ClN2OS. The van der Waals surface area contributed by atoms with Crippen molar-refractivity contribution in [2.75, 3.05) is 13.1 Å². The third kappa shape index (κ3) is 2.20. The Morgan fingerprint density at radius 2 is 2.39 bits per heavy atom. The van der Waals surface area contributed by atoms with E-state index in [0.29, 0.717) is 23.8 Å². The quantitative estimate of drug-likeness (QED) is 0.868. The Bertz CT molecular complexity index is 425. The zero-order chi connectivity index (χ0) is 12.7. The van der Waals surface area contributed by atoms with Gasteiger partial charge in [0.25, 0.3) is 0 Å². The molecule has 4 atom stereocenters. The Hall–Kier alpha value is -0.160. The van der Waals surface area contributed by atoms with Crippen LogP contribution in [-0.4, -0.2) is 34.2 Å². The molecule has 0 bridgehead atoms. The van der Waals surface area contributed by atoms with E-state index in [1.165, 1.54) is 6.42 Å². The lowest BCUT2D eigenvalue weighted by molar-refractivity contribution is 0.119. The number of halogens is 1. The maximum Gasteiger partial charge on any atom is 0.110 e. The molecule has 1 aliphatic carbocycles. The average Bonchev–Trinajstić information content (AvgIpc) is 3.06. The minimum atomic E-state index is -0.0816. The van der Waals surface area contributed by atoms with Crippen molar-refractivity contribution in [3.05, 3.63) is 16.1 Å². The molecule has 3 nitrogen and oxygen atoms in total. The number of alkyl halides is 1. The maximum atomic E-state index is 9.95. The first-order chi connectivity index (χ1) is 8.69. The number of rotatable bonds is 3. The first-order valence-electron chi connectivity index (χ1n) is 6.61. The molecule has 0 radical (unpaired) electrons. The number of aliphatic hydroxyl groups is 1. The van der Waals surface area contributed by atoms with Gasteiger partial charge in [-0.2, -0.15) is 0 Å². The number of hydrogen-bond donors (Lipinski definition) is 1. The summed E-state index contributed by atoms with van der Waals surface area (Å²) in [6.07, 6.45) is 2.09. The van der Waals surface area contributed by atoms with Crippen LogP contribution in [0.1, 0.15) is 36.5 Å². The van der Waals surface area contributed by atoms with Gasteiger partial charge < -0.3 is 5.11 Å². The van der Waals surface area contributed by atoms with Gasteiger partial charge in [-0.25, -0.2) is 4.98 Å². The molecule has 1 aromatic rings. The first-order valence-corrected chi connectivity index (χ1v) is 8.03. The summed E-state index contributed by atoms with van der Waals surface area (Å²) in [5.74, 6) is 1.67. The number of likely N-dealkylation sites (tertiary alicyclic amines) is 1. The Morgan fingerprint density at radius 3 is 3.06 bits per heavy atom. The Labute approximate surface area is 117 Å². The van der Waals surface area contributed by atoms with Crippen LogP contribution in [0.25, 0.3) is 0 Å². The molecule has 1 saturated heterocycles. The maximum absolute atomic E-state index is 9.95. The Morgan fingerprint density at radius 1 is 1.56 bits per heavy atom. The van der Waals surface area contributed by atoms with E-state index in [-0.39, 0.29) is 6.10 Å². The molecule has 1 aromatic heterocycles. The van der Waals surface area contributed by atoms with Crippen molar-refractivity contribution in [2.24, 2.45) is 11.8 Å². The topological polar surface area (TPSA) is 36.4 Å². The normalized spacial score (nSPS) is 33.8. The standard InChI is InChI=1S/C13H19ClN2OS/c1-8(13-15-10(4-14)7-18-13)16-5-9-2-3-12(17)11(9)6-16/h7-9,11-12,17H,2-6H2,1H3. The summed E-state index contributed by atoms with van der Waals surface area (Å²) in [5.41, 5.74) is 0.975. The van der Waals surface area contributed by atoms with Crippen LogP contribution in [0.15, 0.2) is 5.38 Å². The molecule has 1 N–H and O–H groups in total. The van der Waals surface area contributed by atoms with Gasteiger partial charge in [0.1, 0.15) is 5.01 Å². The Balaban J connectivity index is 1.69. The molecule has 5 heteroatoms. The van der Waals surface area contributed by atoms with Gasteiger partial charge in [-0.15, -0.1) is 22.9 Å². The van der Waals surface area contributed by atoms with Crippen molar-refractivity contribution < 1.29 is 5.11 Å². The molecule has 0 spiro atoms. The summed E-state index contributed by atoms with van der Waals surface area (Å²) in [4.78, 5) is 7.04. The smallest absolute Gasteiger partial charge is 0.110 e. The molecule has 2 heterocycles. The van der Waals surface area contributed by atoms with Crippen LogP contribution in [0.2, 0.25) is 0 Å². The molecule has 2 aliphatic rings. The molecular weight excluding hydrogens is 268 g/mol. The van der Waals surface area contributed by atoms with Crippen molar-refractivity contribution in [2.45, 2.75) is 37.8 Å². The number of hydrogen-bond acceptors (Lipinski definition) is 4. The van der Waals surface area contributed by atoms with Crippen molar-refractivity contribution in [3.8, 4) is 0 Å². The number of aliphatic hydroxyl groups excluding tert-OH is 1.